The summed E-state index contributed by atoms with van der Waals surface area (Å²) in [4.78, 5) is 24.4. The van der Waals surface area contributed by atoms with E-state index in [0.29, 0.717) is 5.69 Å². The minimum Gasteiger partial charge on any atom is -0.321 e. The van der Waals surface area contributed by atoms with Gasteiger partial charge in [-0.2, -0.15) is 13.2 Å². The van der Waals surface area contributed by atoms with Crippen molar-refractivity contribution in [3.05, 3.63) is 71.9 Å². The molecule has 3 rings (SSSR count). The van der Waals surface area contributed by atoms with Crippen molar-refractivity contribution in [2.75, 3.05) is 10.3 Å². The van der Waals surface area contributed by atoms with E-state index in [4.69, 9.17) is 0 Å². The van der Waals surface area contributed by atoms with Crippen LogP contribution in [0.25, 0.3) is 0 Å². The minimum atomic E-state index is -4.50. The van der Waals surface area contributed by atoms with Crippen molar-refractivity contribution in [3.8, 4) is 0 Å². The predicted octanol–water partition coefficient (Wildman–Crippen LogP) is 3.47. The SMILES string of the molecule is O=C(Nc1cccc(C(F)(F)F)c1)C1=CCC(=O)N(c2ccccc2)N1. The zero-order valence-electron chi connectivity index (χ0n) is 13.4. The summed E-state index contributed by atoms with van der Waals surface area (Å²) in [7, 11) is 0. The van der Waals surface area contributed by atoms with Gasteiger partial charge in [-0.15, -0.1) is 0 Å². The molecule has 1 heterocycles. The van der Waals surface area contributed by atoms with Crippen LogP contribution in [-0.2, 0) is 15.8 Å². The average Bonchev–Trinajstić information content (AvgIpc) is 2.62. The van der Waals surface area contributed by atoms with Gasteiger partial charge in [0.15, 0.2) is 0 Å². The normalized spacial score (nSPS) is 14.5. The number of nitrogens with zero attached hydrogens (tertiary/aromatic N) is 1. The van der Waals surface area contributed by atoms with E-state index in [1.165, 1.54) is 23.2 Å². The third kappa shape index (κ3) is 3.85. The monoisotopic (exact) mass is 361 g/mol. The predicted molar refractivity (Wildman–Crippen MR) is 89.8 cm³/mol. The van der Waals surface area contributed by atoms with Crippen LogP contribution in [0.1, 0.15) is 12.0 Å². The third-order valence-electron chi connectivity index (χ3n) is 3.67. The van der Waals surface area contributed by atoms with Crippen LogP contribution in [-0.4, -0.2) is 11.8 Å². The van der Waals surface area contributed by atoms with Crippen molar-refractivity contribution in [2.24, 2.45) is 0 Å². The number of para-hydroxylation sites is 1. The number of anilines is 2. The first-order chi connectivity index (χ1) is 12.3. The van der Waals surface area contributed by atoms with E-state index >= 15 is 0 Å². The second-order valence-corrected chi connectivity index (χ2v) is 5.53. The molecule has 134 valence electrons. The molecule has 5 nitrogen and oxygen atoms in total. The summed E-state index contributed by atoms with van der Waals surface area (Å²) in [5.41, 5.74) is 2.47. The Morgan fingerprint density at radius 3 is 2.50 bits per heavy atom. The van der Waals surface area contributed by atoms with E-state index in [2.05, 4.69) is 10.7 Å². The molecule has 0 aliphatic carbocycles. The van der Waals surface area contributed by atoms with E-state index < -0.39 is 17.6 Å². The largest absolute Gasteiger partial charge is 0.416 e. The van der Waals surface area contributed by atoms with Crippen molar-refractivity contribution in [2.45, 2.75) is 12.6 Å². The molecule has 1 aliphatic rings. The Labute approximate surface area is 147 Å². The molecule has 0 radical (unpaired) electrons. The molecule has 0 bridgehead atoms. The number of halogens is 3. The summed E-state index contributed by atoms with van der Waals surface area (Å²) in [5, 5.41) is 3.63. The van der Waals surface area contributed by atoms with Gasteiger partial charge in [0.2, 0.25) is 5.91 Å². The topological polar surface area (TPSA) is 61.4 Å². The average molecular weight is 361 g/mol. The molecule has 0 aromatic heterocycles. The Hall–Kier alpha value is -3.29. The molecule has 1 aliphatic heterocycles. The van der Waals surface area contributed by atoms with Crippen LogP contribution in [0.5, 0.6) is 0 Å². The lowest BCUT2D eigenvalue weighted by molar-refractivity contribution is -0.137. The van der Waals surface area contributed by atoms with Gasteiger partial charge in [-0.05, 0) is 36.4 Å². The third-order valence-corrected chi connectivity index (χ3v) is 3.67. The Kier molecular flexibility index (Phi) is 4.66. The van der Waals surface area contributed by atoms with Gasteiger partial charge in [-0.3, -0.25) is 15.0 Å². The van der Waals surface area contributed by atoms with Crippen molar-refractivity contribution in [3.63, 3.8) is 0 Å². The number of hydrogen-bond acceptors (Lipinski definition) is 3. The summed E-state index contributed by atoms with van der Waals surface area (Å²) in [5.74, 6) is -0.899. The second kappa shape index (κ2) is 6.91. The Balaban J connectivity index is 1.75. The number of alkyl halides is 3. The van der Waals surface area contributed by atoms with Crippen LogP contribution in [0.2, 0.25) is 0 Å². The van der Waals surface area contributed by atoms with E-state index in [1.54, 1.807) is 30.3 Å². The summed E-state index contributed by atoms with van der Waals surface area (Å²) in [6.45, 7) is 0. The molecular formula is C18H14F3N3O2. The van der Waals surface area contributed by atoms with E-state index in [1.807, 2.05) is 0 Å². The second-order valence-electron chi connectivity index (χ2n) is 5.53. The number of benzene rings is 2. The fraction of sp³-hybridized carbons (Fsp3) is 0.111. The highest BCUT2D eigenvalue weighted by Crippen LogP contribution is 2.30. The quantitative estimate of drug-likeness (QED) is 0.880. The van der Waals surface area contributed by atoms with Crippen molar-refractivity contribution < 1.29 is 22.8 Å². The van der Waals surface area contributed by atoms with Gasteiger partial charge in [0, 0.05) is 12.1 Å². The molecule has 2 aromatic rings. The number of amides is 2. The number of carbonyl (C=O) groups excluding carboxylic acids is 2. The molecule has 0 spiro atoms. The van der Waals surface area contributed by atoms with Crippen LogP contribution < -0.4 is 15.8 Å². The standard InChI is InChI=1S/C18H14F3N3O2/c19-18(20,21)12-5-4-6-13(11-12)22-17(26)15-9-10-16(25)24(23-15)14-7-2-1-3-8-14/h1-9,11,23H,10H2,(H,22,26). The lowest BCUT2D eigenvalue weighted by Crippen LogP contribution is -2.47. The fourth-order valence-corrected chi connectivity index (χ4v) is 2.41. The van der Waals surface area contributed by atoms with Gasteiger partial charge in [-0.25, -0.2) is 5.01 Å². The highest BCUT2D eigenvalue weighted by atomic mass is 19.4. The van der Waals surface area contributed by atoms with Crippen LogP contribution in [0.3, 0.4) is 0 Å². The zero-order valence-corrected chi connectivity index (χ0v) is 13.4. The highest BCUT2D eigenvalue weighted by Gasteiger charge is 2.31. The van der Waals surface area contributed by atoms with Gasteiger partial charge in [0.25, 0.3) is 5.91 Å². The molecule has 0 saturated heterocycles. The molecule has 2 amide bonds. The molecule has 0 fully saturated rings. The summed E-state index contributed by atoms with van der Waals surface area (Å²) < 4.78 is 38.3. The van der Waals surface area contributed by atoms with Crippen LogP contribution in [0.4, 0.5) is 24.5 Å². The summed E-state index contributed by atoms with van der Waals surface area (Å²) in [6.07, 6.45) is -3.11. The number of carbonyl (C=O) groups is 2. The Morgan fingerprint density at radius 2 is 1.81 bits per heavy atom. The highest BCUT2D eigenvalue weighted by molar-refractivity contribution is 6.06. The molecule has 0 atom stereocenters. The van der Waals surface area contributed by atoms with Gasteiger partial charge in [0.1, 0.15) is 5.70 Å². The minimum absolute atomic E-state index is 0.00671. The van der Waals surface area contributed by atoms with Crippen molar-refractivity contribution >= 4 is 23.2 Å². The Bertz CT molecular complexity index is 863. The maximum atomic E-state index is 12.8. The number of hydrazine groups is 1. The van der Waals surface area contributed by atoms with Crippen molar-refractivity contribution in [1.29, 1.82) is 0 Å². The van der Waals surface area contributed by atoms with E-state index in [9.17, 15) is 22.8 Å². The number of hydrogen-bond donors (Lipinski definition) is 2. The molecule has 0 unspecified atom stereocenters. The molecule has 8 heteroatoms. The lowest BCUT2D eigenvalue weighted by atomic mass is 10.2. The van der Waals surface area contributed by atoms with Crippen LogP contribution >= 0.6 is 0 Å². The maximum absolute atomic E-state index is 12.8. The molecule has 2 aromatic carbocycles. The fourth-order valence-electron chi connectivity index (χ4n) is 2.41. The van der Waals surface area contributed by atoms with Gasteiger partial charge < -0.3 is 5.32 Å². The summed E-state index contributed by atoms with van der Waals surface area (Å²) >= 11 is 0. The van der Waals surface area contributed by atoms with Crippen LogP contribution in [0, 0.1) is 0 Å². The van der Waals surface area contributed by atoms with Gasteiger partial charge in [0.05, 0.1) is 11.3 Å². The zero-order chi connectivity index (χ0) is 18.7. The molecular weight excluding hydrogens is 347 g/mol. The van der Waals surface area contributed by atoms with Crippen LogP contribution in [0.15, 0.2) is 66.4 Å². The first-order valence-corrected chi connectivity index (χ1v) is 7.68. The Morgan fingerprint density at radius 1 is 1.08 bits per heavy atom. The smallest absolute Gasteiger partial charge is 0.321 e. The number of nitrogens with one attached hydrogen (secondary N) is 2. The van der Waals surface area contributed by atoms with Crippen molar-refractivity contribution in [1.82, 2.24) is 5.43 Å². The lowest BCUT2D eigenvalue weighted by Gasteiger charge is -2.28. The van der Waals surface area contributed by atoms with Gasteiger partial charge >= 0.3 is 6.18 Å². The molecule has 26 heavy (non-hydrogen) atoms. The first kappa shape index (κ1) is 17.5. The molecule has 0 saturated carbocycles. The number of rotatable bonds is 3. The maximum Gasteiger partial charge on any atom is 0.416 e. The van der Waals surface area contributed by atoms with E-state index in [-0.39, 0.29) is 23.7 Å². The van der Waals surface area contributed by atoms with E-state index in [0.717, 1.165) is 12.1 Å². The van der Waals surface area contributed by atoms with Gasteiger partial charge in [-0.1, -0.05) is 24.3 Å². The first-order valence-electron chi connectivity index (χ1n) is 7.68. The summed E-state index contributed by atoms with van der Waals surface area (Å²) in [6, 6.07) is 13.0. The molecule has 2 N–H and O–H groups in total.